The summed E-state index contributed by atoms with van der Waals surface area (Å²) in [6, 6.07) is 2.16. The van der Waals surface area contributed by atoms with Gasteiger partial charge in [0.25, 0.3) is 0 Å². The lowest BCUT2D eigenvalue weighted by atomic mass is 9.97. The minimum absolute atomic E-state index is 0.115. The van der Waals surface area contributed by atoms with Crippen molar-refractivity contribution in [3.05, 3.63) is 20.8 Å². The molecule has 1 aromatic heterocycles. The normalized spacial score (nSPS) is 20.4. The fraction of sp³-hybridized carbons (Fsp3) is 0.615. The van der Waals surface area contributed by atoms with E-state index < -0.39 is 0 Å². The summed E-state index contributed by atoms with van der Waals surface area (Å²) in [4.78, 5) is 15.7. The van der Waals surface area contributed by atoms with Gasteiger partial charge in [-0.25, -0.2) is 0 Å². The zero-order valence-corrected chi connectivity index (χ0v) is 13.3. The SMILES string of the molecule is NCCNC(=O)C1CCCN(Cc2cc(Br)cs2)C1. The first-order valence-electron chi connectivity index (χ1n) is 6.62. The van der Waals surface area contributed by atoms with Gasteiger partial charge in [-0.15, -0.1) is 11.3 Å². The smallest absolute Gasteiger partial charge is 0.224 e. The van der Waals surface area contributed by atoms with E-state index >= 15 is 0 Å². The fourth-order valence-electron chi connectivity index (χ4n) is 2.41. The predicted octanol–water partition coefficient (Wildman–Crippen LogP) is 1.80. The van der Waals surface area contributed by atoms with Crippen LogP contribution in [0.1, 0.15) is 17.7 Å². The van der Waals surface area contributed by atoms with Crippen LogP contribution in [0.5, 0.6) is 0 Å². The van der Waals surface area contributed by atoms with Gasteiger partial charge >= 0.3 is 0 Å². The molecule has 2 rings (SSSR count). The number of hydrogen-bond acceptors (Lipinski definition) is 4. The number of rotatable bonds is 5. The monoisotopic (exact) mass is 345 g/mol. The second-order valence-corrected chi connectivity index (χ2v) is 6.80. The van der Waals surface area contributed by atoms with E-state index in [-0.39, 0.29) is 11.8 Å². The second kappa shape index (κ2) is 7.38. The van der Waals surface area contributed by atoms with Gasteiger partial charge in [0.15, 0.2) is 0 Å². The van der Waals surface area contributed by atoms with Crippen molar-refractivity contribution in [3.8, 4) is 0 Å². The maximum absolute atomic E-state index is 12.0. The molecule has 1 aliphatic rings. The lowest BCUT2D eigenvalue weighted by Gasteiger charge is -2.31. The molecule has 0 radical (unpaired) electrons. The number of thiophene rings is 1. The van der Waals surface area contributed by atoms with Crippen molar-refractivity contribution in [2.45, 2.75) is 19.4 Å². The number of halogens is 1. The van der Waals surface area contributed by atoms with Crippen molar-refractivity contribution in [2.75, 3.05) is 26.2 Å². The summed E-state index contributed by atoms with van der Waals surface area (Å²) < 4.78 is 1.14. The Labute approximate surface area is 126 Å². The molecule has 0 bridgehead atoms. The average Bonchev–Trinajstić information content (AvgIpc) is 2.81. The Bertz CT molecular complexity index is 424. The highest BCUT2D eigenvalue weighted by Crippen LogP contribution is 2.24. The molecule has 1 amide bonds. The minimum Gasteiger partial charge on any atom is -0.355 e. The first-order valence-corrected chi connectivity index (χ1v) is 8.29. The highest BCUT2D eigenvalue weighted by atomic mass is 79.9. The molecule has 1 fully saturated rings. The van der Waals surface area contributed by atoms with E-state index in [0.29, 0.717) is 13.1 Å². The second-order valence-electron chi connectivity index (χ2n) is 4.89. The van der Waals surface area contributed by atoms with Gasteiger partial charge in [0.1, 0.15) is 0 Å². The first kappa shape index (κ1) is 15.0. The van der Waals surface area contributed by atoms with Crippen LogP contribution < -0.4 is 11.1 Å². The fourth-order valence-corrected chi connectivity index (χ4v) is 3.90. The van der Waals surface area contributed by atoms with Crippen LogP contribution in [0.2, 0.25) is 0 Å². The molecule has 2 heterocycles. The largest absolute Gasteiger partial charge is 0.355 e. The van der Waals surface area contributed by atoms with Crippen molar-refractivity contribution in [3.63, 3.8) is 0 Å². The lowest BCUT2D eigenvalue weighted by molar-refractivity contribution is -0.126. The number of hydrogen-bond donors (Lipinski definition) is 2. The summed E-state index contributed by atoms with van der Waals surface area (Å²) >= 11 is 5.24. The van der Waals surface area contributed by atoms with Crippen LogP contribution in [0.3, 0.4) is 0 Å². The number of carbonyl (C=O) groups excluding carboxylic acids is 1. The molecule has 1 atom stereocenters. The van der Waals surface area contributed by atoms with E-state index in [1.54, 1.807) is 11.3 Å². The van der Waals surface area contributed by atoms with E-state index in [2.05, 4.69) is 37.6 Å². The molecule has 1 aromatic rings. The van der Waals surface area contributed by atoms with Crippen LogP contribution in [0.4, 0.5) is 0 Å². The summed E-state index contributed by atoms with van der Waals surface area (Å²) in [6.45, 7) is 3.96. The molecular formula is C13H20BrN3OS. The summed E-state index contributed by atoms with van der Waals surface area (Å²) in [7, 11) is 0. The van der Waals surface area contributed by atoms with Crippen molar-refractivity contribution in [2.24, 2.45) is 11.7 Å². The zero-order valence-electron chi connectivity index (χ0n) is 10.9. The Balaban J connectivity index is 1.84. The number of amides is 1. The Morgan fingerprint density at radius 3 is 3.16 bits per heavy atom. The van der Waals surface area contributed by atoms with Crippen molar-refractivity contribution < 1.29 is 4.79 Å². The quantitative estimate of drug-likeness (QED) is 0.855. The predicted molar refractivity (Wildman–Crippen MR) is 82.1 cm³/mol. The van der Waals surface area contributed by atoms with Crippen molar-refractivity contribution in [1.82, 2.24) is 10.2 Å². The van der Waals surface area contributed by atoms with Crippen LogP contribution in [0, 0.1) is 5.92 Å². The van der Waals surface area contributed by atoms with Crippen LogP contribution in [-0.4, -0.2) is 37.0 Å². The number of nitrogens with two attached hydrogens (primary N) is 1. The molecule has 1 unspecified atom stereocenters. The van der Waals surface area contributed by atoms with E-state index in [9.17, 15) is 4.79 Å². The molecule has 1 aliphatic heterocycles. The summed E-state index contributed by atoms with van der Waals surface area (Å²) in [5, 5.41) is 5.00. The maximum atomic E-state index is 12.0. The molecular weight excluding hydrogens is 326 g/mol. The van der Waals surface area contributed by atoms with Gasteiger partial charge in [0.2, 0.25) is 5.91 Å². The molecule has 19 heavy (non-hydrogen) atoms. The summed E-state index contributed by atoms with van der Waals surface area (Å²) in [5.74, 6) is 0.270. The molecule has 0 spiro atoms. The standard InChI is InChI=1S/C13H20BrN3OS/c14-11-6-12(19-9-11)8-17-5-1-2-10(7-17)13(18)16-4-3-15/h6,9-10H,1-5,7-8,15H2,(H,16,18). The highest BCUT2D eigenvalue weighted by Gasteiger charge is 2.25. The molecule has 4 nitrogen and oxygen atoms in total. The molecule has 0 aromatic carbocycles. The van der Waals surface area contributed by atoms with Crippen molar-refractivity contribution >= 4 is 33.2 Å². The molecule has 0 saturated carbocycles. The van der Waals surface area contributed by atoms with Crippen LogP contribution in [0.25, 0.3) is 0 Å². The van der Waals surface area contributed by atoms with Gasteiger partial charge in [0, 0.05) is 40.9 Å². The number of carbonyl (C=O) groups is 1. The van der Waals surface area contributed by atoms with E-state index in [4.69, 9.17) is 5.73 Å². The average molecular weight is 346 g/mol. The number of likely N-dealkylation sites (tertiary alicyclic amines) is 1. The highest BCUT2D eigenvalue weighted by molar-refractivity contribution is 9.10. The third-order valence-electron chi connectivity index (χ3n) is 3.32. The maximum Gasteiger partial charge on any atom is 0.224 e. The van der Waals surface area contributed by atoms with E-state index in [1.807, 2.05) is 0 Å². The van der Waals surface area contributed by atoms with Crippen molar-refractivity contribution in [1.29, 1.82) is 0 Å². The third-order valence-corrected chi connectivity index (χ3v) is 5.00. The Morgan fingerprint density at radius 1 is 1.63 bits per heavy atom. The number of nitrogens with zero attached hydrogens (tertiary/aromatic N) is 1. The van der Waals surface area contributed by atoms with Gasteiger partial charge in [-0.3, -0.25) is 9.69 Å². The number of piperidine rings is 1. The molecule has 106 valence electrons. The summed E-state index contributed by atoms with van der Waals surface area (Å²) in [6.07, 6.45) is 2.08. The van der Waals surface area contributed by atoms with Crippen LogP contribution in [-0.2, 0) is 11.3 Å². The van der Waals surface area contributed by atoms with Gasteiger partial charge in [-0.2, -0.15) is 0 Å². The molecule has 6 heteroatoms. The van der Waals surface area contributed by atoms with E-state index in [1.165, 1.54) is 4.88 Å². The molecule has 1 saturated heterocycles. The van der Waals surface area contributed by atoms with Gasteiger partial charge in [0.05, 0.1) is 5.92 Å². The van der Waals surface area contributed by atoms with Crippen LogP contribution in [0.15, 0.2) is 15.9 Å². The van der Waals surface area contributed by atoms with Crippen LogP contribution >= 0.6 is 27.3 Å². The molecule has 3 N–H and O–H groups in total. The summed E-state index contributed by atoms with van der Waals surface area (Å²) in [5.41, 5.74) is 5.41. The van der Waals surface area contributed by atoms with E-state index in [0.717, 1.165) is 36.9 Å². The van der Waals surface area contributed by atoms with Gasteiger partial charge in [-0.05, 0) is 41.4 Å². The zero-order chi connectivity index (χ0) is 13.7. The minimum atomic E-state index is 0.115. The third kappa shape index (κ3) is 4.56. The van der Waals surface area contributed by atoms with Gasteiger partial charge in [-0.1, -0.05) is 0 Å². The lowest BCUT2D eigenvalue weighted by Crippen LogP contribution is -2.43. The Hall–Kier alpha value is -0.430. The first-order chi connectivity index (χ1) is 9.19. The number of nitrogens with one attached hydrogen (secondary N) is 1. The molecule has 0 aliphatic carbocycles. The Kier molecular flexibility index (Phi) is 5.81. The Morgan fingerprint density at radius 2 is 2.47 bits per heavy atom. The van der Waals surface area contributed by atoms with Gasteiger partial charge < -0.3 is 11.1 Å². The topological polar surface area (TPSA) is 58.4 Å².